The molecule has 0 atom stereocenters. The molecular weight excluding hydrogens is 544 g/mol. The molecular formula is C43H32N2. The second-order valence-corrected chi connectivity index (χ2v) is 11.5. The average Bonchev–Trinajstić information content (AvgIpc) is 3.46. The molecule has 0 bridgehead atoms. The Morgan fingerprint density at radius 1 is 0.356 bits per heavy atom. The van der Waals surface area contributed by atoms with Crippen molar-refractivity contribution in [1.82, 2.24) is 4.57 Å². The highest BCUT2D eigenvalue weighted by atomic mass is 15.1. The molecule has 0 saturated carbocycles. The van der Waals surface area contributed by atoms with E-state index < -0.39 is 0 Å². The summed E-state index contributed by atoms with van der Waals surface area (Å²) in [5, 5.41) is 2.54. The fourth-order valence-electron chi connectivity index (χ4n) is 6.40. The van der Waals surface area contributed by atoms with Gasteiger partial charge >= 0.3 is 0 Å². The van der Waals surface area contributed by atoms with Crippen molar-refractivity contribution in [3.63, 3.8) is 0 Å². The molecule has 0 unspecified atom stereocenters. The molecule has 214 valence electrons. The van der Waals surface area contributed by atoms with Gasteiger partial charge in [-0.05, 0) is 88.0 Å². The van der Waals surface area contributed by atoms with Crippen LogP contribution in [0.25, 0.3) is 60.9 Å². The largest absolute Gasteiger partial charge is 0.345 e. The lowest BCUT2D eigenvalue weighted by atomic mass is 9.99. The number of fused-ring (bicyclic) bond motifs is 3. The van der Waals surface area contributed by atoms with Crippen LogP contribution in [0.15, 0.2) is 176 Å². The smallest absolute Gasteiger partial charge is 0.0541 e. The van der Waals surface area contributed by atoms with E-state index in [4.69, 9.17) is 0 Å². The Labute approximate surface area is 264 Å². The number of aromatic nitrogens is 1. The van der Waals surface area contributed by atoms with E-state index in [0.717, 1.165) is 11.4 Å². The van der Waals surface area contributed by atoms with Crippen LogP contribution in [0.5, 0.6) is 0 Å². The molecule has 7 aromatic carbocycles. The van der Waals surface area contributed by atoms with Gasteiger partial charge in [0.1, 0.15) is 0 Å². The van der Waals surface area contributed by atoms with E-state index >= 15 is 0 Å². The normalized spacial score (nSPS) is 11.2. The van der Waals surface area contributed by atoms with E-state index in [0.29, 0.717) is 0 Å². The Kier molecular flexibility index (Phi) is 6.73. The summed E-state index contributed by atoms with van der Waals surface area (Å²) in [5.41, 5.74) is 13.3. The molecule has 0 radical (unpaired) electrons. The molecule has 2 nitrogen and oxygen atoms in total. The van der Waals surface area contributed by atoms with Gasteiger partial charge in [0.25, 0.3) is 0 Å². The summed E-state index contributed by atoms with van der Waals surface area (Å²) in [6, 6.07) is 63.2. The Morgan fingerprint density at radius 3 is 1.38 bits per heavy atom. The quantitative estimate of drug-likeness (QED) is 0.191. The van der Waals surface area contributed by atoms with E-state index in [9.17, 15) is 0 Å². The highest BCUT2D eigenvalue weighted by Crippen LogP contribution is 2.36. The van der Waals surface area contributed by atoms with Crippen molar-refractivity contribution in [3.8, 4) is 39.1 Å². The van der Waals surface area contributed by atoms with Gasteiger partial charge in [0.05, 0.1) is 11.0 Å². The van der Waals surface area contributed by atoms with Gasteiger partial charge in [0.2, 0.25) is 0 Å². The first-order chi connectivity index (χ1) is 22.2. The first-order valence-electron chi connectivity index (χ1n) is 15.4. The number of para-hydroxylation sites is 2. The highest BCUT2D eigenvalue weighted by Gasteiger charge is 2.13. The summed E-state index contributed by atoms with van der Waals surface area (Å²) in [7, 11) is 2.12. The fourth-order valence-corrected chi connectivity index (χ4v) is 6.40. The van der Waals surface area contributed by atoms with Crippen molar-refractivity contribution in [2.45, 2.75) is 0 Å². The van der Waals surface area contributed by atoms with Gasteiger partial charge in [0, 0.05) is 34.9 Å². The lowest BCUT2D eigenvalue weighted by molar-refractivity contribution is 1.18. The van der Waals surface area contributed by atoms with Crippen molar-refractivity contribution >= 4 is 33.2 Å². The molecule has 0 aliphatic carbocycles. The molecule has 0 aliphatic heterocycles. The van der Waals surface area contributed by atoms with Gasteiger partial charge in [0.15, 0.2) is 0 Å². The maximum Gasteiger partial charge on any atom is 0.0541 e. The van der Waals surface area contributed by atoms with Crippen LogP contribution in [0, 0.1) is 0 Å². The number of hydrogen-bond donors (Lipinski definition) is 0. The van der Waals surface area contributed by atoms with E-state index in [1.807, 2.05) is 0 Å². The summed E-state index contributed by atoms with van der Waals surface area (Å²) < 4.78 is 2.36. The van der Waals surface area contributed by atoms with Crippen LogP contribution in [0.2, 0.25) is 0 Å². The van der Waals surface area contributed by atoms with Crippen LogP contribution in [0.3, 0.4) is 0 Å². The van der Waals surface area contributed by atoms with Crippen molar-refractivity contribution in [1.29, 1.82) is 0 Å². The second-order valence-electron chi connectivity index (χ2n) is 11.5. The Morgan fingerprint density at radius 2 is 0.778 bits per heavy atom. The molecule has 0 aliphatic rings. The molecule has 0 spiro atoms. The zero-order chi connectivity index (χ0) is 30.2. The number of benzene rings is 7. The van der Waals surface area contributed by atoms with Gasteiger partial charge in [-0.1, -0.05) is 121 Å². The topological polar surface area (TPSA) is 8.17 Å². The minimum absolute atomic E-state index is 1.16. The summed E-state index contributed by atoms with van der Waals surface area (Å²) in [5.74, 6) is 0. The summed E-state index contributed by atoms with van der Waals surface area (Å²) >= 11 is 0. The van der Waals surface area contributed by atoms with E-state index in [-0.39, 0.29) is 0 Å². The van der Waals surface area contributed by atoms with E-state index in [1.165, 1.54) is 60.9 Å². The third kappa shape index (κ3) is 4.97. The van der Waals surface area contributed by atoms with Crippen molar-refractivity contribution in [2.75, 3.05) is 11.9 Å². The fraction of sp³-hybridized carbons (Fsp3) is 0.0233. The summed E-state index contributed by atoms with van der Waals surface area (Å²) in [6.45, 7) is 0. The van der Waals surface area contributed by atoms with E-state index in [2.05, 4.69) is 192 Å². The molecule has 1 aromatic heterocycles. The van der Waals surface area contributed by atoms with Crippen molar-refractivity contribution < 1.29 is 0 Å². The zero-order valence-corrected chi connectivity index (χ0v) is 25.1. The van der Waals surface area contributed by atoms with Gasteiger partial charge in [-0.25, -0.2) is 0 Å². The lowest BCUT2D eigenvalue weighted by Crippen LogP contribution is -2.08. The van der Waals surface area contributed by atoms with Crippen LogP contribution < -0.4 is 4.90 Å². The van der Waals surface area contributed by atoms with Crippen molar-refractivity contribution in [2.24, 2.45) is 0 Å². The highest BCUT2D eigenvalue weighted by molar-refractivity contribution is 6.10. The molecule has 0 saturated heterocycles. The third-order valence-electron chi connectivity index (χ3n) is 8.85. The minimum atomic E-state index is 1.16. The molecule has 45 heavy (non-hydrogen) atoms. The number of rotatable bonds is 6. The van der Waals surface area contributed by atoms with E-state index in [1.54, 1.807) is 0 Å². The predicted octanol–water partition coefficient (Wildman–Crippen LogP) is 11.6. The number of hydrogen-bond acceptors (Lipinski definition) is 1. The number of nitrogens with zero attached hydrogens (tertiary/aromatic N) is 2. The maximum atomic E-state index is 2.36. The van der Waals surface area contributed by atoms with Crippen LogP contribution >= 0.6 is 0 Å². The van der Waals surface area contributed by atoms with Gasteiger partial charge in [-0.2, -0.15) is 0 Å². The molecule has 8 rings (SSSR count). The minimum Gasteiger partial charge on any atom is -0.345 e. The lowest BCUT2D eigenvalue weighted by Gasteiger charge is -2.20. The monoisotopic (exact) mass is 576 g/mol. The zero-order valence-electron chi connectivity index (χ0n) is 25.1. The second kappa shape index (κ2) is 11.3. The molecule has 0 N–H and O–H groups in total. The third-order valence-corrected chi connectivity index (χ3v) is 8.85. The van der Waals surface area contributed by atoms with Crippen LogP contribution in [0.1, 0.15) is 0 Å². The maximum absolute atomic E-state index is 2.36. The molecule has 0 amide bonds. The average molecular weight is 577 g/mol. The molecule has 1 heterocycles. The van der Waals surface area contributed by atoms with Crippen LogP contribution in [-0.2, 0) is 0 Å². The van der Waals surface area contributed by atoms with Gasteiger partial charge in [-0.3, -0.25) is 0 Å². The Balaban J connectivity index is 1.04. The molecule has 2 heteroatoms. The Bertz CT molecular complexity index is 2230. The van der Waals surface area contributed by atoms with Crippen molar-refractivity contribution in [3.05, 3.63) is 176 Å². The van der Waals surface area contributed by atoms with Gasteiger partial charge in [-0.15, -0.1) is 0 Å². The SMILES string of the molecule is CN(c1ccc(-c2ccccc2)cc1)c1ccc(-c2ccc(-c3ccc4c(c3)c3ccccc3n4-c3ccccc3)cc2)cc1. The van der Waals surface area contributed by atoms with Crippen LogP contribution in [0.4, 0.5) is 11.4 Å². The standard InChI is InChI=1S/C43H32N2/c1-44(37-25-20-33(21-26-37)31-10-4-2-5-11-31)38-27-22-34(23-28-38)32-16-18-35(19-17-32)36-24-29-43-41(30-36)40-14-8-9-15-42(40)45(43)39-12-6-3-7-13-39/h2-30H,1H3. The first-order valence-corrected chi connectivity index (χ1v) is 15.4. The van der Waals surface area contributed by atoms with Gasteiger partial charge < -0.3 is 9.47 Å². The van der Waals surface area contributed by atoms with Crippen LogP contribution in [-0.4, -0.2) is 11.6 Å². The predicted molar refractivity (Wildman–Crippen MR) is 192 cm³/mol. The molecule has 0 fully saturated rings. The number of anilines is 2. The molecule has 8 aromatic rings. The Hall–Kier alpha value is -5.86. The first kappa shape index (κ1) is 26.7. The summed E-state index contributed by atoms with van der Waals surface area (Å²) in [4.78, 5) is 2.23. The summed E-state index contributed by atoms with van der Waals surface area (Å²) in [6.07, 6.45) is 0.